The molecule has 1 atom stereocenters. The third-order valence-electron chi connectivity index (χ3n) is 4.15. The second-order valence-electron chi connectivity index (χ2n) is 5.93. The first-order valence-electron chi connectivity index (χ1n) is 8.46. The molecule has 0 saturated heterocycles. The van der Waals surface area contributed by atoms with Crippen molar-refractivity contribution in [3.8, 4) is 17.6 Å². The molecule has 3 aromatic carbocycles. The number of benzene rings is 3. The van der Waals surface area contributed by atoms with E-state index in [-0.39, 0.29) is 0 Å². The third-order valence-corrected chi connectivity index (χ3v) is 4.15. The van der Waals surface area contributed by atoms with Gasteiger partial charge in [-0.2, -0.15) is 0 Å². The van der Waals surface area contributed by atoms with Gasteiger partial charge in [-0.15, -0.1) is 0 Å². The van der Waals surface area contributed by atoms with Crippen LogP contribution in [-0.2, 0) is 4.79 Å². The van der Waals surface area contributed by atoms with Crippen LogP contribution in [-0.4, -0.2) is 18.2 Å². The van der Waals surface area contributed by atoms with Crippen LogP contribution in [0.1, 0.15) is 28.2 Å². The van der Waals surface area contributed by atoms with E-state index in [9.17, 15) is 4.79 Å². The average molecular weight is 357 g/mol. The molecule has 0 radical (unpaired) electrons. The Balaban J connectivity index is 1.94. The summed E-state index contributed by atoms with van der Waals surface area (Å²) in [5.74, 6) is 5.87. The first kappa shape index (κ1) is 18.2. The zero-order chi connectivity index (χ0) is 19.1. The molecule has 0 spiro atoms. The molecule has 0 aliphatic heterocycles. The lowest BCUT2D eigenvalue weighted by Crippen LogP contribution is -2.27. The first-order chi connectivity index (χ1) is 13.2. The number of carbonyl (C=O) groups excluding carboxylic acids is 1. The zero-order valence-corrected chi connectivity index (χ0v) is 14.8. The molecule has 0 heterocycles. The Morgan fingerprint density at radius 3 is 2.19 bits per heavy atom. The van der Waals surface area contributed by atoms with Crippen molar-refractivity contribution in [2.75, 3.05) is 7.11 Å². The molecule has 27 heavy (non-hydrogen) atoms. The Kier molecular flexibility index (Phi) is 5.88. The summed E-state index contributed by atoms with van der Waals surface area (Å²) in [6.07, 6.45) is 0. The summed E-state index contributed by atoms with van der Waals surface area (Å²) in [6.45, 7) is 0. The number of hydrogen-bond acceptors (Lipinski definition) is 3. The summed E-state index contributed by atoms with van der Waals surface area (Å²) in [6, 6.07) is 24.3. The molecule has 4 heteroatoms. The van der Waals surface area contributed by atoms with Gasteiger partial charge in [-0.05, 0) is 41.5 Å². The number of nitrogens with one attached hydrogen (secondary N) is 1. The molecule has 1 unspecified atom stereocenters. The van der Waals surface area contributed by atoms with Gasteiger partial charge in [-0.1, -0.05) is 60.4 Å². The van der Waals surface area contributed by atoms with Crippen molar-refractivity contribution in [1.82, 2.24) is 5.48 Å². The van der Waals surface area contributed by atoms with Crippen LogP contribution >= 0.6 is 0 Å². The van der Waals surface area contributed by atoms with Crippen molar-refractivity contribution < 1.29 is 14.7 Å². The number of carbonyl (C=O) groups is 1. The highest BCUT2D eigenvalue weighted by molar-refractivity contribution is 5.86. The van der Waals surface area contributed by atoms with Gasteiger partial charge in [0.05, 0.1) is 13.0 Å². The smallest absolute Gasteiger partial charge is 0.255 e. The summed E-state index contributed by atoms with van der Waals surface area (Å²) in [5.41, 5.74) is 4.93. The zero-order valence-electron chi connectivity index (χ0n) is 14.8. The van der Waals surface area contributed by atoms with E-state index in [1.54, 1.807) is 12.6 Å². The monoisotopic (exact) mass is 357 g/mol. The molecule has 0 fully saturated rings. The lowest BCUT2D eigenvalue weighted by atomic mass is 9.90. The van der Waals surface area contributed by atoms with Gasteiger partial charge in [0.25, 0.3) is 5.91 Å². The predicted molar refractivity (Wildman–Crippen MR) is 104 cm³/mol. The van der Waals surface area contributed by atoms with Gasteiger partial charge in [-0.3, -0.25) is 10.0 Å². The van der Waals surface area contributed by atoms with E-state index in [0.29, 0.717) is 0 Å². The molecule has 0 saturated carbocycles. The van der Waals surface area contributed by atoms with Gasteiger partial charge in [0, 0.05) is 11.1 Å². The quantitative estimate of drug-likeness (QED) is 0.425. The summed E-state index contributed by atoms with van der Waals surface area (Å²) < 4.78 is 5.21. The van der Waals surface area contributed by atoms with Gasteiger partial charge < -0.3 is 4.74 Å². The topological polar surface area (TPSA) is 58.6 Å². The predicted octanol–water partition coefficient (Wildman–Crippen LogP) is 3.73. The second kappa shape index (κ2) is 8.70. The molecule has 0 aromatic heterocycles. The van der Waals surface area contributed by atoms with E-state index in [4.69, 9.17) is 9.94 Å². The second-order valence-corrected chi connectivity index (χ2v) is 5.93. The van der Waals surface area contributed by atoms with Crippen molar-refractivity contribution in [3.63, 3.8) is 0 Å². The maximum Gasteiger partial charge on any atom is 0.255 e. The average Bonchev–Trinajstić information content (AvgIpc) is 2.73. The van der Waals surface area contributed by atoms with E-state index in [1.807, 2.05) is 78.9 Å². The van der Waals surface area contributed by atoms with E-state index in [2.05, 4.69) is 11.8 Å². The number of rotatable bonds is 4. The van der Waals surface area contributed by atoms with Gasteiger partial charge >= 0.3 is 0 Å². The van der Waals surface area contributed by atoms with Gasteiger partial charge in [0.1, 0.15) is 5.75 Å². The molecule has 0 aliphatic carbocycles. The Hall–Kier alpha value is -3.55. The molecule has 2 N–H and O–H groups in total. The summed E-state index contributed by atoms with van der Waals surface area (Å²) in [4.78, 5) is 12.3. The lowest BCUT2D eigenvalue weighted by Gasteiger charge is -2.16. The largest absolute Gasteiger partial charge is 0.497 e. The summed E-state index contributed by atoms with van der Waals surface area (Å²) in [5, 5.41) is 9.16. The van der Waals surface area contributed by atoms with Crippen molar-refractivity contribution in [3.05, 3.63) is 101 Å². The van der Waals surface area contributed by atoms with Crippen molar-refractivity contribution in [2.45, 2.75) is 5.92 Å². The number of amides is 1. The van der Waals surface area contributed by atoms with Crippen molar-refractivity contribution in [1.29, 1.82) is 0 Å². The molecule has 134 valence electrons. The number of hydroxylamine groups is 1. The molecule has 4 nitrogen and oxygen atoms in total. The molecule has 3 rings (SSSR count). The fourth-order valence-corrected chi connectivity index (χ4v) is 2.85. The van der Waals surface area contributed by atoms with Crippen LogP contribution in [0.2, 0.25) is 0 Å². The maximum absolute atomic E-state index is 12.3. The fraction of sp³-hybridized carbons (Fsp3) is 0.0870. The SMILES string of the molecule is COc1cccc(C#Cc2cccc(C(C(=O)NO)c3ccccc3)c2)c1. The van der Waals surface area contributed by atoms with E-state index in [0.717, 1.165) is 28.0 Å². The van der Waals surface area contributed by atoms with Crippen LogP contribution in [0.3, 0.4) is 0 Å². The van der Waals surface area contributed by atoms with Crippen LogP contribution in [0.5, 0.6) is 5.75 Å². The van der Waals surface area contributed by atoms with Crippen LogP contribution in [0.25, 0.3) is 0 Å². The molecule has 0 bridgehead atoms. The third kappa shape index (κ3) is 4.55. The Bertz CT molecular complexity index is 987. The first-order valence-corrected chi connectivity index (χ1v) is 8.46. The maximum atomic E-state index is 12.3. The molecule has 0 aliphatic rings. The summed E-state index contributed by atoms with van der Waals surface area (Å²) >= 11 is 0. The van der Waals surface area contributed by atoms with E-state index >= 15 is 0 Å². The van der Waals surface area contributed by atoms with E-state index in [1.165, 1.54) is 0 Å². The van der Waals surface area contributed by atoms with Crippen LogP contribution < -0.4 is 10.2 Å². The standard InChI is InChI=1S/C23H19NO3/c1-27-21-12-6-8-18(16-21)14-13-17-7-5-11-20(15-17)22(23(25)24-26)19-9-3-2-4-10-19/h2-12,15-16,22,26H,1H3,(H,24,25). The highest BCUT2D eigenvalue weighted by atomic mass is 16.5. The molecular formula is C23H19NO3. The van der Waals surface area contributed by atoms with Crippen LogP contribution in [0.15, 0.2) is 78.9 Å². The molecule has 3 aromatic rings. The van der Waals surface area contributed by atoms with Crippen molar-refractivity contribution in [2.24, 2.45) is 0 Å². The van der Waals surface area contributed by atoms with Gasteiger partial charge in [0.15, 0.2) is 0 Å². The summed E-state index contributed by atoms with van der Waals surface area (Å²) in [7, 11) is 1.62. The van der Waals surface area contributed by atoms with Gasteiger partial charge in [-0.25, -0.2) is 5.48 Å². The highest BCUT2D eigenvalue weighted by Crippen LogP contribution is 2.25. The minimum atomic E-state index is -0.616. The minimum Gasteiger partial charge on any atom is -0.497 e. The Labute approximate surface area is 158 Å². The van der Waals surface area contributed by atoms with Crippen LogP contribution in [0, 0.1) is 11.8 Å². The minimum absolute atomic E-state index is 0.487. The number of hydrogen-bond donors (Lipinski definition) is 2. The van der Waals surface area contributed by atoms with Crippen molar-refractivity contribution >= 4 is 5.91 Å². The number of ether oxygens (including phenoxy) is 1. The Morgan fingerprint density at radius 1 is 0.889 bits per heavy atom. The fourth-order valence-electron chi connectivity index (χ4n) is 2.85. The number of methoxy groups -OCH3 is 1. The molecule has 1 amide bonds. The molecular weight excluding hydrogens is 338 g/mol. The Morgan fingerprint density at radius 2 is 1.52 bits per heavy atom. The van der Waals surface area contributed by atoms with Crippen LogP contribution in [0.4, 0.5) is 0 Å². The lowest BCUT2D eigenvalue weighted by molar-refractivity contribution is -0.129. The highest BCUT2D eigenvalue weighted by Gasteiger charge is 2.22. The van der Waals surface area contributed by atoms with E-state index < -0.39 is 11.8 Å². The van der Waals surface area contributed by atoms with Gasteiger partial charge in [0.2, 0.25) is 0 Å². The normalized spacial score (nSPS) is 11.0.